The number of aromatic nitrogens is 2. The fourth-order valence-electron chi connectivity index (χ4n) is 2.46. The van der Waals surface area contributed by atoms with E-state index in [1.165, 1.54) is 19.3 Å². The van der Waals surface area contributed by atoms with Crippen LogP contribution < -0.4 is 5.32 Å². The number of hydrogen-bond acceptors (Lipinski definition) is 3. The van der Waals surface area contributed by atoms with Gasteiger partial charge in [0.2, 0.25) is 5.91 Å². The van der Waals surface area contributed by atoms with Crippen molar-refractivity contribution in [1.29, 1.82) is 0 Å². The minimum atomic E-state index is 0.296. The molecule has 5 nitrogen and oxygen atoms in total. The van der Waals surface area contributed by atoms with Gasteiger partial charge in [-0.3, -0.25) is 4.79 Å². The molecule has 1 saturated heterocycles. The van der Waals surface area contributed by atoms with Gasteiger partial charge >= 0.3 is 0 Å². The van der Waals surface area contributed by atoms with Crippen molar-refractivity contribution in [3.8, 4) is 0 Å². The molecule has 1 amide bonds. The number of rotatable bonds is 6. The number of carbonyl (C=O) groups is 1. The van der Waals surface area contributed by atoms with Crippen molar-refractivity contribution in [3.05, 3.63) is 18.2 Å². The number of piperidine rings is 1. The number of hydrogen-bond donors (Lipinski definition) is 1. The Hall–Kier alpha value is -1.36. The Morgan fingerprint density at radius 2 is 2.11 bits per heavy atom. The van der Waals surface area contributed by atoms with Gasteiger partial charge in [0.05, 0.1) is 0 Å². The highest BCUT2D eigenvalue weighted by Crippen LogP contribution is 2.09. The Balaban J connectivity index is 1.56. The van der Waals surface area contributed by atoms with E-state index < -0.39 is 0 Å². The molecule has 0 saturated carbocycles. The SMILES string of the molecule is Cn1ccnc1CCNCCC(=O)N1CCCCC1. The Morgan fingerprint density at radius 1 is 1.32 bits per heavy atom. The molecule has 0 bridgehead atoms. The van der Waals surface area contributed by atoms with Gasteiger partial charge in [0.25, 0.3) is 0 Å². The number of nitrogens with zero attached hydrogens (tertiary/aromatic N) is 3. The molecule has 5 heteroatoms. The van der Waals surface area contributed by atoms with Crippen LogP contribution >= 0.6 is 0 Å². The van der Waals surface area contributed by atoms with Crippen molar-refractivity contribution in [3.63, 3.8) is 0 Å². The molecule has 0 unspecified atom stereocenters. The van der Waals surface area contributed by atoms with E-state index in [9.17, 15) is 4.79 Å². The number of carbonyl (C=O) groups excluding carboxylic acids is 1. The zero-order chi connectivity index (χ0) is 13.5. The highest BCUT2D eigenvalue weighted by atomic mass is 16.2. The molecule has 0 spiro atoms. The third-order valence-corrected chi connectivity index (χ3v) is 3.67. The molecule has 19 heavy (non-hydrogen) atoms. The topological polar surface area (TPSA) is 50.2 Å². The third kappa shape index (κ3) is 4.35. The summed E-state index contributed by atoms with van der Waals surface area (Å²) in [4.78, 5) is 18.2. The smallest absolute Gasteiger partial charge is 0.223 e. The summed E-state index contributed by atoms with van der Waals surface area (Å²) in [6, 6.07) is 0. The zero-order valence-electron chi connectivity index (χ0n) is 11.8. The van der Waals surface area contributed by atoms with Gasteiger partial charge in [0, 0.05) is 58.5 Å². The van der Waals surface area contributed by atoms with Crippen LogP contribution in [0.3, 0.4) is 0 Å². The summed E-state index contributed by atoms with van der Waals surface area (Å²) in [5.41, 5.74) is 0. The standard InChI is InChI=1S/C14H24N4O/c1-17-12-9-16-13(17)5-7-15-8-6-14(19)18-10-3-2-4-11-18/h9,12,15H,2-8,10-11H2,1H3. The predicted octanol–water partition coefficient (Wildman–Crippen LogP) is 0.955. The number of nitrogens with one attached hydrogen (secondary N) is 1. The average molecular weight is 264 g/mol. The van der Waals surface area contributed by atoms with E-state index in [1.807, 2.05) is 28.9 Å². The highest BCUT2D eigenvalue weighted by molar-refractivity contribution is 5.76. The minimum absolute atomic E-state index is 0.296. The lowest BCUT2D eigenvalue weighted by Gasteiger charge is -2.26. The molecule has 0 atom stereocenters. The van der Waals surface area contributed by atoms with Crippen molar-refractivity contribution in [2.24, 2.45) is 7.05 Å². The van der Waals surface area contributed by atoms with Crippen molar-refractivity contribution in [1.82, 2.24) is 19.8 Å². The first-order chi connectivity index (χ1) is 9.27. The maximum atomic E-state index is 11.9. The Kier molecular flexibility index (Phi) is 5.39. The van der Waals surface area contributed by atoms with Gasteiger partial charge in [-0.15, -0.1) is 0 Å². The lowest BCUT2D eigenvalue weighted by molar-refractivity contribution is -0.131. The maximum absolute atomic E-state index is 11.9. The average Bonchev–Trinajstić information content (AvgIpc) is 2.85. The Morgan fingerprint density at radius 3 is 2.79 bits per heavy atom. The molecule has 0 aliphatic carbocycles. The second-order valence-electron chi connectivity index (χ2n) is 5.15. The van der Waals surface area contributed by atoms with Gasteiger partial charge in [-0.05, 0) is 19.3 Å². The molecule has 2 rings (SSSR count). The van der Waals surface area contributed by atoms with Crippen LogP contribution in [-0.2, 0) is 18.3 Å². The molecule has 1 aliphatic rings. The first-order valence-electron chi connectivity index (χ1n) is 7.22. The van der Waals surface area contributed by atoms with E-state index in [2.05, 4.69) is 10.3 Å². The summed E-state index contributed by atoms with van der Waals surface area (Å²) in [5.74, 6) is 1.37. The number of imidazole rings is 1. The second-order valence-corrected chi connectivity index (χ2v) is 5.15. The summed E-state index contributed by atoms with van der Waals surface area (Å²) in [5, 5.41) is 3.32. The molecular weight excluding hydrogens is 240 g/mol. The van der Waals surface area contributed by atoms with Gasteiger partial charge in [-0.25, -0.2) is 4.98 Å². The number of aryl methyl sites for hydroxylation is 1. The summed E-state index contributed by atoms with van der Waals surface area (Å²) >= 11 is 0. The van der Waals surface area contributed by atoms with Crippen molar-refractivity contribution in [2.45, 2.75) is 32.1 Å². The minimum Gasteiger partial charge on any atom is -0.343 e. The molecule has 2 heterocycles. The largest absolute Gasteiger partial charge is 0.343 e. The van der Waals surface area contributed by atoms with Gasteiger partial charge in [0.15, 0.2) is 0 Å². The lowest BCUT2D eigenvalue weighted by Crippen LogP contribution is -2.37. The van der Waals surface area contributed by atoms with Crippen LogP contribution in [0.15, 0.2) is 12.4 Å². The first-order valence-corrected chi connectivity index (χ1v) is 7.22. The molecular formula is C14H24N4O. The lowest BCUT2D eigenvalue weighted by atomic mass is 10.1. The molecule has 1 aliphatic heterocycles. The maximum Gasteiger partial charge on any atom is 0.223 e. The van der Waals surface area contributed by atoms with Gasteiger partial charge in [0.1, 0.15) is 5.82 Å². The van der Waals surface area contributed by atoms with Crippen LogP contribution in [-0.4, -0.2) is 46.5 Å². The van der Waals surface area contributed by atoms with Crippen LogP contribution in [0.5, 0.6) is 0 Å². The van der Waals surface area contributed by atoms with E-state index in [0.29, 0.717) is 12.3 Å². The van der Waals surface area contributed by atoms with Crippen LogP contribution in [0.25, 0.3) is 0 Å². The highest BCUT2D eigenvalue weighted by Gasteiger charge is 2.15. The van der Waals surface area contributed by atoms with Crippen LogP contribution in [0.1, 0.15) is 31.5 Å². The zero-order valence-corrected chi connectivity index (χ0v) is 11.8. The summed E-state index contributed by atoms with van der Waals surface area (Å²) in [7, 11) is 2.00. The van der Waals surface area contributed by atoms with Crippen LogP contribution in [0.4, 0.5) is 0 Å². The predicted molar refractivity (Wildman–Crippen MR) is 74.8 cm³/mol. The van der Waals surface area contributed by atoms with E-state index in [1.54, 1.807) is 0 Å². The van der Waals surface area contributed by atoms with Crippen LogP contribution in [0, 0.1) is 0 Å². The molecule has 1 aromatic rings. The summed E-state index contributed by atoms with van der Waals surface area (Å²) in [6.07, 6.45) is 8.88. The van der Waals surface area contributed by atoms with E-state index in [-0.39, 0.29) is 0 Å². The fraction of sp³-hybridized carbons (Fsp3) is 0.714. The molecule has 106 valence electrons. The second kappa shape index (κ2) is 7.28. The number of amides is 1. The molecule has 1 aromatic heterocycles. The fourth-order valence-corrected chi connectivity index (χ4v) is 2.46. The van der Waals surface area contributed by atoms with Gasteiger partial charge < -0.3 is 14.8 Å². The van der Waals surface area contributed by atoms with Gasteiger partial charge in [-0.2, -0.15) is 0 Å². The Bertz CT molecular complexity index is 396. The van der Waals surface area contributed by atoms with Gasteiger partial charge in [-0.1, -0.05) is 0 Å². The number of likely N-dealkylation sites (tertiary alicyclic amines) is 1. The normalized spacial score (nSPS) is 15.7. The quantitative estimate of drug-likeness (QED) is 0.779. The monoisotopic (exact) mass is 264 g/mol. The van der Waals surface area contributed by atoms with E-state index >= 15 is 0 Å². The summed E-state index contributed by atoms with van der Waals surface area (Å²) < 4.78 is 2.03. The molecule has 1 fully saturated rings. The molecule has 0 radical (unpaired) electrons. The van der Waals surface area contributed by atoms with E-state index in [0.717, 1.165) is 38.4 Å². The van der Waals surface area contributed by atoms with Crippen LogP contribution in [0.2, 0.25) is 0 Å². The first kappa shape index (κ1) is 14.1. The van der Waals surface area contributed by atoms with Crippen molar-refractivity contribution < 1.29 is 4.79 Å². The third-order valence-electron chi connectivity index (χ3n) is 3.67. The van der Waals surface area contributed by atoms with Crippen molar-refractivity contribution >= 4 is 5.91 Å². The summed E-state index contributed by atoms with van der Waals surface area (Å²) in [6.45, 7) is 3.54. The van der Waals surface area contributed by atoms with Crippen molar-refractivity contribution in [2.75, 3.05) is 26.2 Å². The molecule has 0 aromatic carbocycles. The molecule has 1 N–H and O–H groups in total. The Labute approximate surface area is 115 Å². The van der Waals surface area contributed by atoms with E-state index in [4.69, 9.17) is 0 Å².